The second kappa shape index (κ2) is 11.2. The minimum Gasteiger partial charge on any atom is -0.368 e. The number of hydrogen-bond acceptors (Lipinski definition) is 5. The second-order valence-electron chi connectivity index (χ2n) is 7.58. The lowest BCUT2D eigenvalue weighted by molar-refractivity contribution is -0.286. The Labute approximate surface area is 183 Å². The van der Waals surface area contributed by atoms with Gasteiger partial charge in [-0.15, -0.1) is 0 Å². The molecule has 31 heavy (non-hydrogen) atoms. The average Bonchev–Trinajstić information content (AvgIpc) is 2.83. The first-order valence-electron chi connectivity index (χ1n) is 10.6. The molecular weight excluding hydrogens is 392 g/mol. The van der Waals surface area contributed by atoms with Gasteiger partial charge in [0.25, 0.3) is 0 Å². The SMILES string of the molecule is O[C@@H]1OC[C@@H](OCc2ccccc2)[C@H](OCc2ccccc2)[C@H]1OCc1ccccc1. The summed E-state index contributed by atoms with van der Waals surface area (Å²) < 4.78 is 24.1. The summed E-state index contributed by atoms with van der Waals surface area (Å²) in [5, 5.41) is 10.5. The molecule has 1 aliphatic rings. The molecule has 3 aromatic carbocycles. The lowest BCUT2D eigenvalue weighted by atomic mass is 10.0. The first-order valence-corrected chi connectivity index (χ1v) is 10.6. The summed E-state index contributed by atoms with van der Waals surface area (Å²) in [5.74, 6) is 0. The van der Waals surface area contributed by atoms with Gasteiger partial charge in [-0.1, -0.05) is 91.0 Å². The number of ether oxygens (including phenoxy) is 4. The normalized spacial score (nSPS) is 23.5. The molecule has 1 aliphatic heterocycles. The van der Waals surface area contributed by atoms with E-state index >= 15 is 0 Å². The minimum absolute atomic E-state index is 0.235. The highest BCUT2D eigenvalue weighted by Gasteiger charge is 2.42. The Bertz CT molecular complexity index is 887. The molecule has 0 aliphatic carbocycles. The molecule has 162 valence electrons. The number of aliphatic hydroxyl groups is 1. The first-order chi connectivity index (χ1) is 15.3. The lowest BCUT2D eigenvalue weighted by Crippen LogP contribution is -2.56. The molecule has 5 nitrogen and oxygen atoms in total. The molecule has 1 fully saturated rings. The van der Waals surface area contributed by atoms with Crippen molar-refractivity contribution in [3.8, 4) is 0 Å². The third-order valence-corrected chi connectivity index (χ3v) is 5.28. The maximum atomic E-state index is 10.5. The molecule has 0 saturated carbocycles. The zero-order valence-corrected chi connectivity index (χ0v) is 17.4. The largest absolute Gasteiger partial charge is 0.368 e. The van der Waals surface area contributed by atoms with Gasteiger partial charge < -0.3 is 24.1 Å². The maximum absolute atomic E-state index is 10.5. The van der Waals surface area contributed by atoms with Crippen molar-refractivity contribution in [2.45, 2.75) is 44.4 Å². The Morgan fingerprint density at radius 1 is 0.613 bits per heavy atom. The van der Waals surface area contributed by atoms with Crippen molar-refractivity contribution in [2.75, 3.05) is 6.61 Å². The minimum atomic E-state index is -1.08. The van der Waals surface area contributed by atoms with E-state index in [1.165, 1.54) is 0 Å². The Balaban J connectivity index is 1.46. The smallest absolute Gasteiger partial charge is 0.183 e. The van der Waals surface area contributed by atoms with E-state index in [4.69, 9.17) is 18.9 Å². The van der Waals surface area contributed by atoms with Crippen molar-refractivity contribution in [2.24, 2.45) is 0 Å². The highest BCUT2D eigenvalue weighted by Crippen LogP contribution is 2.25. The van der Waals surface area contributed by atoms with Crippen molar-refractivity contribution in [1.82, 2.24) is 0 Å². The Kier molecular flexibility index (Phi) is 7.82. The van der Waals surface area contributed by atoms with Crippen LogP contribution in [0.2, 0.25) is 0 Å². The molecule has 0 unspecified atom stereocenters. The molecule has 5 heteroatoms. The maximum Gasteiger partial charge on any atom is 0.183 e. The predicted octanol–water partition coefficient (Wildman–Crippen LogP) is 4.09. The van der Waals surface area contributed by atoms with Crippen molar-refractivity contribution in [3.63, 3.8) is 0 Å². The molecule has 3 aromatic rings. The van der Waals surface area contributed by atoms with Crippen LogP contribution in [0, 0.1) is 0 Å². The van der Waals surface area contributed by atoms with Crippen molar-refractivity contribution in [1.29, 1.82) is 0 Å². The third kappa shape index (κ3) is 6.23. The Hall–Kier alpha value is -2.54. The van der Waals surface area contributed by atoms with E-state index in [1.807, 2.05) is 91.0 Å². The van der Waals surface area contributed by atoms with Crippen LogP contribution in [0.5, 0.6) is 0 Å². The van der Waals surface area contributed by atoms with Crippen LogP contribution in [0.1, 0.15) is 16.7 Å². The molecule has 4 rings (SSSR count). The standard InChI is InChI=1S/C26H28O5/c27-26-25(30-18-22-14-8-3-9-15-22)24(29-17-21-12-6-2-7-13-21)23(19-31-26)28-16-20-10-4-1-5-11-20/h1-15,23-27H,16-19H2/t23-,24+,25-,26-/m1/s1. The molecule has 4 atom stereocenters. The predicted molar refractivity (Wildman–Crippen MR) is 117 cm³/mol. The fourth-order valence-electron chi connectivity index (χ4n) is 3.59. The molecule has 0 amide bonds. The van der Waals surface area contributed by atoms with Gasteiger partial charge in [-0.05, 0) is 16.7 Å². The van der Waals surface area contributed by atoms with E-state index in [1.54, 1.807) is 0 Å². The van der Waals surface area contributed by atoms with Crippen LogP contribution in [0.15, 0.2) is 91.0 Å². The van der Waals surface area contributed by atoms with Crippen molar-refractivity contribution in [3.05, 3.63) is 108 Å². The molecule has 0 aromatic heterocycles. The molecule has 0 radical (unpaired) electrons. The molecule has 1 saturated heterocycles. The summed E-state index contributed by atoms with van der Waals surface area (Å²) >= 11 is 0. The van der Waals surface area contributed by atoms with E-state index in [0.29, 0.717) is 19.8 Å². The number of hydrogen-bond donors (Lipinski definition) is 1. The zero-order valence-electron chi connectivity index (χ0n) is 17.4. The van der Waals surface area contributed by atoms with E-state index in [2.05, 4.69) is 0 Å². The van der Waals surface area contributed by atoms with Crippen LogP contribution >= 0.6 is 0 Å². The van der Waals surface area contributed by atoms with Gasteiger partial charge in [0.15, 0.2) is 6.29 Å². The number of aliphatic hydroxyl groups excluding tert-OH is 1. The summed E-state index contributed by atoms with van der Waals surface area (Å²) in [7, 11) is 0. The van der Waals surface area contributed by atoms with Crippen molar-refractivity contribution < 1.29 is 24.1 Å². The van der Waals surface area contributed by atoms with Gasteiger partial charge in [0.2, 0.25) is 0 Å². The first kappa shape index (κ1) is 21.7. The Morgan fingerprint density at radius 2 is 1.03 bits per heavy atom. The van der Waals surface area contributed by atoms with E-state index in [-0.39, 0.29) is 12.7 Å². The second-order valence-corrected chi connectivity index (χ2v) is 7.58. The number of benzene rings is 3. The van der Waals surface area contributed by atoms with Gasteiger partial charge in [-0.3, -0.25) is 0 Å². The number of rotatable bonds is 9. The lowest BCUT2D eigenvalue weighted by Gasteiger charge is -2.40. The molecular formula is C26H28O5. The van der Waals surface area contributed by atoms with Gasteiger partial charge in [0, 0.05) is 0 Å². The average molecular weight is 421 g/mol. The van der Waals surface area contributed by atoms with Gasteiger partial charge in [-0.2, -0.15) is 0 Å². The van der Waals surface area contributed by atoms with Crippen LogP contribution in [-0.4, -0.2) is 36.3 Å². The molecule has 0 spiro atoms. The molecule has 0 bridgehead atoms. The van der Waals surface area contributed by atoms with Gasteiger partial charge >= 0.3 is 0 Å². The van der Waals surface area contributed by atoms with Crippen LogP contribution in [-0.2, 0) is 38.8 Å². The summed E-state index contributed by atoms with van der Waals surface area (Å²) in [5.41, 5.74) is 3.13. The van der Waals surface area contributed by atoms with E-state index in [0.717, 1.165) is 16.7 Å². The van der Waals surface area contributed by atoms with E-state index < -0.39 is 18.5 Å². The fourth-order valence-corrected chi connectivity index (χ4v) is 3.59. The summed E-state index contributed by atoms with van der Waals surface area (Å²) in [4.78, 5) is 0. The van der Waals surface area contributed by atoms with Gasteiger partial charge in [0.1, 0.15) is 18.3 Å². The van der Waals surface area contributed by atoms with Gasteiger partial charge in [-0.25, -0.2) is 0 Å². The molecule has 1 N–H and O–H groups in total. The van der Waals surface area contributed by atoms with Crippen LogP contribution < -0.4 is 0 Å². The monoisotopic (exact) mass is 420 g/mol. The topological polar surface area (TPSA) is 57.2 Å². The third-order valence-electron chi connectivity index (χ3n) is 5.28. The summed E-state index contributed by atoms with van der Waals surface area (Å²) in [6.45, 7) is 1.41. The summed E-state index contributed by atoms with van der Waals surface area (Å²) in [6.07, 6.45) is -2.59. The van der Waals surface area contributed by atoms with E-state index in [9.17, 15) is 5.11 Å². The summed E-state index contributed by atoms with van der Waals surface area (Å²) in [6, 6.07) is 29.8. The van der Waals surface area contributed by atoms with Crippen LogP contribution in [0.3, 0.4) is 0 Å². The fraction of sp³-hybridized carbons (Fsp3) is 0.308. The highest BCUT2D eigenvalue weighted by molar-refractivity contribution is 5.15. The quantitative estimate of drug-likeness (QED) is 0.565. The van der Waals surface area contributed by atoms with Crippen LogP contribution in [0.4, 0.5) is 0 Å². The molecule has 1 heterocycles. The zero-order chi connectivity index (χ0) is 21.3. The van der Waals surface area contributed by atoms with Crippen LogP contribution in [0.25, 0.3) is 0 Å². The Morgan fingerprint density at radius 3 is 1.52 bits per heavy atom. The van der Waals surface area contributed by atoms with Gasteiger partial charge in [0.05, 0.1) is 26.4 Å². The van der Waals surface area contributed by atoms with Crippen molar-refractivity contribution >= 4 is 0 Å². The highest BCUT2D eigenvalue weighted by atomic mass is 16.7.